The molecule has 0 saturated heterocycles. The van der Waals surface area contributed by atoms with Crippen molar-refractivity contribution in [1.82, 2.24) is 15.0 Å². The van der Waals surface area contributed by atoms with Crippen LogP contribution in [0.1, 0.15) is 12.5 Å². The van der Waals surface area contributed by atoms with Crippen molar-refractivity contribution in [2.75, 3.05) is 11.9 Å². The first-order valence-corrected chi connectivity index (χ1v) is 6.61. The van der Waals surface area contributed by atoms with Crippen molar-refractivity contribution in [3.8, 4) is 5.88 Å². The molecule has 3 aromatic rings. The number of nitrogens with zero attached hydrogens (tertiary/aromatic N) is 2. The van der Waals surface area contributed by atoms with Gasteiger partial charge in [0.1, 0.15) is 5.65 Å². The third kappa shape index (κ3) is 2.42. The van der Waals surface area contributed by atoms with E-state index in [1.54, 1.807) is 12.4 Å². The van der Waals surface area contributed by atoms with E-state index in [9.17, 15) is 0 Å². The molecule has 0 fully saturated rings. The molecule has 0 saturated carbocycles. The monoisotopic (exact) mass is 268 g/mol. The molecule has 0 aliphatic heterocycles. The van der Waals surface area contributed by atoms with Crippen LogP contribution in [0.15, 0.2) is 42.9 Å². The fourth-order valence-corrected chi connectivity index (χ4v) is 2.13. The van der Waals surface area contributed by atoms with E-state index < -0.39 is 0 Å². The van der Waals surface area contributed by atoms with E-state index in [-0.39, 0.29) is 0 Å². The standard InChI is InChI=1S/C15H16N4O/c1-2-20-15-13(6-4-8-17-15)18-9-11-10-19-14-12(11)5-3-7-16-14/h3-8,10,18H,2,9H2,1H3,(H,16,19). The molecule has 20 heavy (non-hydrogen) atoms. The summed E-state index contributed by atoms with van der Waals surface area (Å²) in [6, 6.07) is 7.85. The predicted molar refractivity (Wildman–Crippen MR) is 78.8 cm³/mol. The quantitative estimate of drug-likeness (QED) is 0.746. The minimum atomic E-state index is 0.600. The Morgan fingerprint density at radius 1 is 1.20 bits per heavy atom. The number of H-pyrrole nitrogens is 1. The maximum absolute atomic E-state index is 5.50. The number of rotatable bonds is 5. The molecule has 3 heterocycles. The van der Waals surface area contributed by atoms with Crippen LogP contribution in [0.3, 0.4) is 0 Å². The molecule has 5 nitrogen and oxygen atoms in total. The number of aromatic amines is 1. The molecule has 0 spiro atoms. The van der Waals surface area contributed by atoms with E-state index in [4.69, 9.17) is 4.74 Å². The Labute approximate surface area is 117 Å². The molecule has 2 N–H and O–H groups in total. The summed E-state index contributed by atoms with van der Waals surface area (Å²) in [7, 11) is 0. The van der Waals surface area contributed by atoms with Crippen molar-refractivity contribution in [3.63, 3.8) is 0 Å². The van der Waals surface area contributed by atoms with Gasteiger partial charge in [-0.15, -0.1) is 0 Å². The second-order valence-electron chi connectivity index (χ2n) is 4.36. The van der Waals surface area contributed by atoms with Crippen LogP contribution in [0, 0.1) is 0 Å². The van der Waals surface area contributed by atoms with Gasteiger partial charge >= 0.3 is 0 Å². The third-order valence-corrected chi connectivity index (χ3v) is 3.06. The number of fused-ring (bicyclic) bond motifs is 1. The topological polar surface area (TPSA) is 62.8 Å². The highest BCUT2D eigenvalue weighted by Gasteiger charge is 2.06. The van der Waals surface area contributed by atoms with E-state index in [2.05, 4.69) is 26.3 Å². The Morgan fingerprint density at radius 3 is 2.95 bits per heavy atom. The van der Waals surface area contributed by atoms with Gasteiger partial charge in [-0.25, -0.2) is 9.97 Å². The summed E-state index contributed by atoms with van der Waals surface area (Å²) in [5.41, 5.74) is 2.97. The van der Waals surface area contributed by atoms with E-state index in [1.165, 1.54) is 5.56 Å². The average molecular weight is 268 g/mol. The highest BCUT2D eigenvalue weighted by molar-refractivity contribution is 5.79. The number of pyridine rings is 2. The van der Waals surface area contributed by atoms with Crippen LogP contribution in [-0.2, 0) is 6.54 Å². The van der Waals surface area contributed by atoms with Crippen LogP contribution in [0.25, 0.3) is 11.0 Å². The van der Waals surface area contributed by atoms with E-state index in [1.807, 2.05) is 31.3 Å². The number of hydrogen-bond donors (Lipinski definition) is 2. The SMILES string of the molecule is CCOc1ncccc1NCc1c[nH]c2ncccc12. The summed E-state index contributed by atoms with van der Waals surface area (Å²) in [4.78, 5) is 11.7. The number of hydrogen-bond acceptors (Lipinski definition) is 4. The van der Waals surface area contributed by atoms with Gasteiger partial charge in [0.25, 0.3) is 0 Å². The second kappa shape index (κ2) is 5.61. The summed E-state index contributed by atoms with van der Waals surface area (Å²) in [5, 5.41) is 4.48. The minimum Gasteiger partial charge on any atom is -0.476 e. The molecular weight excluding hydrogens is 252 g/mol. The summed E-state index contributed by atoms with van der Waals surface area (Å²) in [5.74, 6) is 0.632. The Bertz CT molecular complexity index is 708. The van der Waals surface area contributed by atoms with Gasteiger partial charge in [-0.1, -0.05) is 0 Å². The zero-order valence-electron chi connectivity index (χ0n) is 11.3. The van der Waals surface area contributed by atoms with Crippen molar-refractivity contribution >= 4 is 16.7 Å². The molecule has 3 rings (SSSR count). The number of ether oxygens (including phenoxy) is 1. The highest BCUT2D eigenvalue weighted by atomic mass is 16.5. The van der Waals surface area contributed by atoms with Gasteiger partial charge in [0.05, 0.1) is 12.3 Å². The fraction of sp³-hybridized carbons (Fsp3) is 0.200. The Morgan fingerprint density at radius 2 is 2.05 bits per heavy atom. The summed E-state index contributed by atoms with van der Waals surface area (Å²) in [6.45, 7) is 3.24. The normalized spacial score (nSPS) is 10.7. The Balaban J connectivity index is 1.80. The molecule has 0 aliphatic carbocycles. The summed E-state index contributed by atoms with van der Waals surface area (Å²) in [6.07, 6.45) is 5.48. The van der Waals surface area contributed by atoms with Crippen LogP contribution in [0.4, 0.5) is 5.69 Å². The molecule has 3 aromatic heterocycles. The Hall–Kier alpha value is -2.56. The third-order valence-electron chi connectivity index (χ3n) is 3.06. The van der Waals surface area contributed by atoms with E-state index >= 15 is 0 Å². The van der Waals surface area contributed by atoms with Gasteiger partial charge in [0.15, 0.2) is 0 Å². The number of anilines is 1. The first-order valence-electron chi connectivity index (χ1n) is 6.61. The van der Waals surface area contributed by atoms with Crippen molar-refractivity contribution in [3.05, 3.63) is 48.4 Å². The van der Waals surface area contributed by atoms with Crippen LogP contribution < -0.4 is 10.1 Å². The zero-order valence-corrected chi connectivity index (χ0v) is 11.3. The lowest BCUT2D eigenvalue weighted by atomic mass is 10.2. The highest BCUT2D eigenvalue weighted by Crippen LogP contribution is 2.23. The van der Waals surface area contributed by atoms with Crippen molar-refractivity contribution < 1.29 is 4.74 Å². The van der Waals surface area contributed by atoms with Crippen molar-refractivity contribution in [1.29, 1.82) is 0 Å². The van der Waals surface area contributed by atoms with Gasteiger partial charge in [-0.3, -0.25) is 0 Å². The smallest absolute Gasteiger partial charge is 0.237 e. The number of aromatic nitrogens is 3. The summed E-state index contributed by atoms with van der Waals surface area (Å²) >= 11 is 0. The average Bonchev–Trinajstić information content (AvgIpc) is 2.90. The van der Waals surface area contributed by atoms with Crippen LogP contribution in [-0.4, -0.2) is 21.6 Å². The van der Waals surface area contributed by atoms with Crippen molar-refractivity contribution in [2.24, 2.45) is 0 Å². The lowest BCUT2D eigenvalue weighted by Gasteiger charge is -2.10. The molecule has 5 heteroatoms. The molecule has 0 amide bonds. The predicted octanol–water partition coefficient (Wildman–Crippen LogP) is 2.97. The molecule has 0 radical (unpaired) electrons. The maximum Gasteiger partial charge on any atom is 0.237 e. The van der Waals surface area contributed by atoms with Gasteiger partial charge in [0.2, 0.25) is 5.88 Å². The van der Waals surface area contributed by atoms with Crippen molar-refractivity contribution in [2.45, 2.75) is 13.5 Å². The first kappa shape index (κ1) is 12.5. The minimum absolute atomic E-state index is 0.600. The molecule has 0 bridgehead atoms. The van der Waals surface area contributed by atoms with E-state index in [0.717, 1.165) is 16.7 Å². The Kier molecular flexibility index (Phi) is 3.50. The zero-order chi connectivity index (χ0) is 13.8. The molecule has 0 aromatic carbocycles. The molecular formula is C15H16N4O. The van der Waals surface area contributed by atoms with Crippen LogP contribution in [0.2, 0.25) is 0 Å². The van der Waals surface area contributed by atoms with Gasteiger partial charge in [-0.05, 0) is 36.8 Å². The molecule has 0 atom stereocenters. The molecule has 0 unspecified atom stereocenters. The van der Waals surface area contributed by atoms with Crippen LogP contribution >= 0.6 is 0 Å². The maximum atomic E-state index is 5.50. The van der Waals surface area contributed by atoms with Crippen LogP contribution in [0.5, 0.6) is 5.88 Å². The molecule has 0 aliphatic rings. The largest absolute Gasteiger partial charge is 0.476 e. The first-order chi connectivity index (χ1) is 9.88. The second-order valence-corrected chi connectivity index (χ2v) is 4.36. The van der Waals surface area contributed by atoms with Gasteiger partial charge < -0.3 is 15.0 Å². The number of nitrogens with one attached hydrogen (secondary N) is 2. The lowest BCUT2D eigenvalue weighted by molar-refractivity contribution is 0.328. The van der Waals surface area contributed by atoms with Gasteiger partial charge in [-0.2, -0.15) is 0 Å². The lowest BCUT2D eigenvalue weighted by Crippen LogP contribution is -2.03. The summed E-state index contributed by atoms with van der Waals surface area (Å²) < 4.78 is 5.50. The molecule has 102 valence electrons. The van der Waals surface area contributed by atoms with Gasteiger partial charge in [0, 0.05) is 30.5 Å². The van der Waals surface area contributed by atoms with E-state index in [0.29, 0.717) is 19.0 Å². The fourth-order valence-electron chi connectivity index (χ4n) is 2.13.